The Morgan fingerprint density at radius 3 is 2.89 bits per heavy atom. The van der Waals surface area contributed by atoms with E-state index in [9.17, 15) is 9.59 Å². The predicted molar refractivity (Wildman–Crippen MR) is 73.7 cm³/mol. The van der Waals surface area contributed by atoms with Gasteiger partial charge < -0.3 is 10.2 Å². The average Bonchev–Trinajstić information content (AvgIpc) is 2.35. The molecule has 0 bridgehead atoms. The van der Waals surface area contributed by atoms with Gasteiger partial charge in [-0.05, 0) is 40.5 Å². The molecule has 1 aliphatic rings. The first-order valence-corrected chi connectivity index (χ1v) is 6.75. The third kappa shape index (κ3) is 2.52. The van der Waals surface area contributed by atoms with E-state index in [1.807, 2.05) is 6.92 Å². The van der Waals surface area contributed by atoms with Crippen molar-refractivity contribution in [2.45, 2.75) is 19.4 Å². The summed E-state index contributed by atoms with van der Waals surface area (Å²) < 4.78 is 0.741. The van der Waals surface area contributed by atoms with E-state index in [1.165, 1.54) is 4.90 Å². The van der Waals surface area contributed by atoms with Gasteiger partial charge in [-0.15, -0.1) is 0 Å². The van der Waals surface area contributed by atoms with Crippen molar-refractivity contribution >= 4 is 45.0 Å². The van der Waals surface area contributed by atoms with Crippen LogP contribution in [0.5, 0.6) is 0 Å². The Morgan fingerprint density at radius 1 is 1.50 bits per heavy atom. The maximum atomic E-state index is 12.2. The number of amides is 2. The lowest BCUT2D eigenvalue weighted by Crippen LogP contribution is -2.58. The summed E-state index contributed by atoms with van der Waals surface area (Å²) in [5.41, 5.74) is 0.626. The average molecular weight is 332 g/mol. The Morgan fingerprint density at radius 2 is 2.22 bits per heavy atom. The highest BCUT2D eigenvalue weighted by molar-refractivity contribution is 9.10. The van der Waals surface area contributed by atoms with Crippen LogP contribution in [0.15, 0.2) is 22.7 Å². The maximum absolute atomic E-state index is 12.2. The first kappa shape index (κ1) is 13.4. The van der Waals surface area contributed by atoms with Crippen molar-refractivity contribution in [3.05, 3.63) is 27.7 Å². The van der Waals surface area contributed by atoms with Gasteiger partial charge in [0.25, 0.3) is 0 Å². The van der Waals surface area contributed by atoms with Gasteiger partial charge in [0.05, 0.1) is 5.69 Å². The lowest BCUT2D eigenvalue weighted by molar-refractivity contribution is -0.131. The van der Waals surface area contributed by atoms with Gasteiger partial charge in [0, 0.05) is 9.50 Å². The smallest absolute Gasteiger partial charge is 0.250 e. The molecular formula is C12H12BrClN2O2. The van der Waals surface area contributed by atoms with Crippen LogP contribution in [0.2, 0.25) is 5.02 Å². The number of piperazine rings is 1. The highest BCUT2D eigenvalue weighted by atomic mass is 79.9. The molecule has 0 spiro atoms. The van der Waals surface area contributed by atoms with Crippen molar-refractivity contribution < 1.29 is 9.59 Å². The second-order valence-corrected chi connectivity index (χ2v) is 5.34. The van der Waals surface area contributed by atoms with Crippen LogP contribution in [0.3, 0.4) is 0 Å². The number of hydrogen-bond acceptors (Lipinski definition) is 2. The normalized spacial score (nSPS) is 19.9. The number of hydrogen-bond donors (Lipinski definition) is 1. The van der Waals surface area contributed by atoms with E-state index in [4.69, 9.17) is 11.6 Å². The van der Waals surface area contributed by atoms with Crippen LogP contribution in [0.1, 0.15) is 13.3 Å². The molecule has 1 aromatic rings. The molecule has 2 amide bonds. The molecule has 0 aromatic heterocycles. The zero-order valence-corrected chi connectivity index (χ0v) is 12.1. The van der Waals surface area contributed by atoms with Crippen molar-refractivity contribution in [1.29, 1.82) is 0 Å². The minimum absolute atomic E-state index is 0.0221. The molecule has 1 unspecified atom stereocenters. The number of nitrogens with one attached hydrogen (secondary N) is 1. The highest BCUT2D eigenvalue weighted by Gasteiger charge is 2.33. The van der Waals surface area contributed by atoms with E-state index >= 15 is 0 Å². The topological polar surface area (TPSA) is 49.4 Å². The summed E-state index contributed by atoms with van der Waals surface area (Å²) in [7, 11) is 0. The number of carbonyl (C=O) groups excluding carboxylic acids is 2. The van der Waals surface area contributed by atoms with Crippen LogP contribution in [0.4, 0.5) is 5.69 Å². The molecule has 4 nitrogen and oxygen atoms in total. The van der Waals surface area contributed by atoms with Crippen molar-refractivity contribution in [3.8, 4) is 0 Å². The third-order valence-corrected chi connectivity index (χ3v) is 3.71. The summed E-state index contributed by atoms with van der Waals surface area (Å²) in [6.45, 7) is 1.88. The Balaban J connectivity index is 2.39. The molecule has 96 valence electrons. The molecule has 1 aromatic carbocycles. The van der Waals surface area contributed by atoms with E-state index in [0.29, 0.717) is 17.1 Å². The standard InChI is InChI=1S/C12H12BrClN2O2/c1-2-9-12(18)16(6-11(17)15-9)10-5-7(14)3-4-8(10)13/h3-5,9H,2,6H2,1H3,(H,15,17). The first-order chi connectivity index (χ1) is 8.52. The SMILES string of the molecule is CCC1NC(=O)CN(c2cc(Cl)ccc2Br)C1=O. The molecular weight excluding hydrogens is 320 g/mol. The molecule has 1 heterocycles. The van der Waals surface area contributed by atoms with Crippen LogP contribution in [-0.4, -0.2) is 24.4 Å². The van der Waals surface area contributed by atoms with Crippen LogP contribution in [0.25, 0.3) is 0 Å². The first-order valence-electron chi connectivity index (χ1n) is 5.58. The fraction of sp³-hybridized carbons (Fsp3) is 0.333. The van der Waals surface area contributed by atoms with Gasteiger partial charge in [-0.25, -0.2) is 0 Å². The van der Waals surface area contributed by atoms with E-state index in [1.54, 1.807) is 18.2 Å². The molecule has 1 fully saturated rings. The van der Waals surface area contributed by atoms with Gasteiger partial charge in [0.1, 0.15) is 12.6 Å². The molecule has 1 atom stereocenters. The quantitative estimate of drug-likeness (QED) is 0.904. The Kier molecular flexibility index (Phi) is 3.92. The van der Waals surface area contributed by atoms with Gasteiger partial charge >= 0.3 is 0 Å². The van der Waals surface area contributed by atoms with Crippen LogP contribution in [-0.2, 0) is 9.59 Å². The zero-order valence-electron chi connectivity index (χ0n) is 9.74. The fourth-order valence-electron chi connectivity index (χ4n) is 1.88. The molecule has 1 N–H and O–H groups in total. The van der Waals surface area contributed by atoms with Crippen LogP contribution >= 0.6 is 27.5 Å². The molecule has 1 aliphatic heterocycles. The van der Waals surface area contributed by atoms with Gasteiger partial charge in [-0.3, -0.25) is 9.59 Å². The highest BCUT2D eigenvalue weighted by Crippen LogP contribution is 2.30. The molecule has 0 aliphatic carbocycles. The number of anilines is 1. The van der Waals surface area contributed by atoms with Gasteiger partial charge in [-0.2, -0.15) is 0 Å². The number of halogens is 2. The summed E-state index contributed by atoms with van der Waals surface area (Å²) in [6.07, 6.45) is 0.569. The van der Waals surface area contributed by atoms with Crippen LogP contribution < -0.4 is 10.2 Å². The van der Waals surface area contributed by atoms with Crippen molar-refractivity contribution in [2.24, 2.45) is 0 Å². The minimum Gasteiger partial charge on any atom is -0.343 e. The lowest BCUT2D eigenvalue weighted by Gasteiger charge is -2.32. The van der Waals surface area contributed by atoms with Crippen molar-refractivity contribution in [2.75, 3.05) is 11.4 Å². The Bertz CT molecular complexity index is 507. The van der Waals surface area contributed by atoms with Gasteiger partial charge in [0.15, 0.2) is 0 Å². The second kappa shape index (κ2) is 5.28. The molecule has 18 heavy (non-hydrogen) atoms. The van der Waals surface area contributed by atoms with E-state index in [0.717, 1.165) is 4.47 Å². The minimum atomic E-state index is -0.461. The monoisotopic (exact) mass is 330 g/mol. The van der Waals surface area contributed by atoms with Crippen molar-refractivity contribution in [1.82, 2.24) is 5.32 Å². The molecule has 1 saturated heterocycles. The summed E-state index contributed by atoms with van der Waals surface area (Å²) >= 11 is 9.30. The second-order valence-electron chi connectivity index (χ2n) is 4.05. The predicted octanol–water partition coefficient (Wildman–Crippen LogP) is 2.34. The fourth-order valence-corrected chi connectivity index (χ4v) is 2.51. The molecule has 2 rings (SSSR count). The zero-order chi connectivity index (χ0) is 13.3. The third-order valence-electron chi connectivity index (χ3n) is 2.81. The number of carbonyl (C=O) groups is 2. The number of nitrogens with zero attached hydrogens (tertiary/aromatic N) is 1. The van der Waals surface area contributed by atoms with Gasteiger partial charge in [-0.1, -0.05) is 18.5 Å². The lowest BCUT2D eigenvalue weighted by atomic mass is 10.1. The summed E-state index contributed by atoms with van der Waals surface area (Å²) in [5.74, 6) is -0.270. The van der Waals surface area contributed by atoms with Gasteiger partial charge in [0.2, 0.25) is 11.8 Å². The summed E-state index contributed by atoms with van der Waals surface area (Å²) in [4.78, 5) is 25.3. The summed E-state index contributed by atoms with van der Waals surface area (Å²) in [6, 6.07) is 4.70. The molecule has 0 radical (unpaired) electrons. The summed E-state index contributed by atoms with van der Waals surface area (Å²) in [5, 5.41) is 3.20. The van der Waals surface area contributed by atoms with E-state index in [-0.39, 0.29) is 18.4 Å². The largest absolute Gasteiger partial charge is 0.343 e. The van der Waals surface area contributed by atoms with Crippen molar-refractivity contribution in [3.63, 3.8) is 0 Å². The van der Waals surface area contributed by atoms with E-state index < -0.39 is 6.04 Å². The Hall–Kier alpha value is -1.07. The van der Waals surface area contributed by atoms with Crippen LogP contribution in [0, 0.1) is 0 Å². The molecule has 6 heteroatoms. The van der Waals surface area contributed by atoms with E-state index in [2.05, 4.69) is 21.2 Å². The number of rotatable bonds is 2. The number of benzene rings is 1. The Labute approximate surface area is 118 Å². The molecule has 0 saturated carbocycles. The maximum Gasteiger partial charge on any atom is 0.250 e.